The number of aromatic nitrogens is 2. The van der Waals surface area contributed by atoms with Gasteiger partial charge in [0.25, 0.3) is 0 Å². The molecule has 1 saturated heterocycles. The Balaban J connectivity index is 1.36. The normalized spacial score (nSPS) is 22.2. The fraction of sp³-hybridized carbons (Fsp3) is 0.500. The van der Waals surface area contributed by atoms with Gasteiger partial charge in [0.05, 0.1) is 12.3 Å². The zero-order chi connectivity index (χ0) is 16.4. The number of ether oxygens (including phenoxy) is 3. The molecule has 0 amide bonds. The summed E-state index contributed by atoms with van der Waals surface area (Å²) >= 11 is 0. The van der Waals surface area contributed by atoms with Gasteiger partial charge in [-0.1, -0.05) is 12.1 Å². The number of nitrogens with one attached hydrogen (secondary N) is 1. The van der Waals surface area contributed by atoms with Crippen LogP contribution in [0.3, 0.4) is 0 Å². The lowest BCUT2D eigenvalue weighted by Crippen LogP contribution is -2.24. The quantitative estimate of drug-likeness (QED) is 0.882. The average Bonchev–Trinajstić information content (AvgIpc) is 3.34. The number of para-hydroxylation sites is 1. The molecule has 2 atom stereocenters. The monoisotopic (exact) mass is 329 g/mol. The van der Waals surface area contributed by atoms with Crippen LogP contribution in [-0.4, -0.2) is 29.7 Å². The molecule has 1 aromatic heterocycles. The number of fused-ring (bicyclic) bond motifs is 1. The van der Waals surface area contributed by atoms with E-state index in [1.54, 1.807) is 0 Å². The largest absolute Gasteiger partial charge is 0.454 e. The molecular formula is C18H23N3O3. The zero-order valence-electron chi connectivity index (χ0n) is 13.9. The van der Waals surface area contributed by atoms with E-state index in [4.69, 9.17) is 14.2 Å². The molecule has 0 bridgehead atoms. The molecule has 3 heterocycles. The van der Waals surface area contributed by atoms with E-state index in [-0.39, 0.29) is 6.10 Å². The Bertz CT molecular complexity index is 701. The molecule has 1 aromatic carbocycles. The number of aryl methyl sites for hydroxylation is 1. The summed E-state index contributed by atoms with van der Waals surface area (Å²) in [6, 6.07) is 6.03. The van der Waals surface area contributed by atoms with Crippen LogP contribution >= 0.6 is 0 Å². The first kappa shape index (κ1) is 15.5. The van der Waals surface area contributed by atoms with Gasteiger partial charge < -0.3 is 19.5 Å². The molecule has 0 saturated carbocycles. The Morgan fingerprint density at radius 2 is 2.29 bits per heavy atom. The molecule has 1 fully saturated rings. The third kappa shape index (κ3) is 2.99. The molecule has 0 unspecified atom stereocenters. The van der Waals surface area contributed by atoms with Crippen molar-refractivity contribution in [3.63, 3.8) is 0 Å². The molecule has 0 radical (unpaired) electrons. The molecule has 2 aliphatic rings. The van der Waals surface area contributed by atoms with E-state index in [0.29, 0.717) is 12.7 Å². The van der Waals surface area contributed by atoms with Crippen LogP contribution < -0.4 is 14.8 Å². The van der Waals surface area contributed by atoms with Crippen molar-refractivity contribution in [2.45, 2.75) is 32.5 Å². The SMILES string of the molecule is CCn1cc([C@H]2OCC[C@@H]2CNCc2cccc3c2OCO3)cn1. The molecule has 128 valence electrons. The first-order valence-electron chi connectivity index (χ1n) is 8.57. The van der Waals surface area contributed by atoms with Crippen molar-refractivity contribution in [3.8, 4) is 11.5 Å². The average molecular weight is 329 g/mol. The predicted octanol–water partition coefficient (Wildman–Crippen LogP) is 2.50. The van der Waals surface area contributed by atoms with E-state index in [1.165, 1.54) is 5.56 Å². The van der Waals surface area contributed by atoms with Gasteiger partial charge in [-0.25, -0.2) is 0 Å². The van der Waals surface area contributed by atoms with Crippen molar-refractivity contribution in [1.29, 1.82) is 0 Å². The molecule has 6 nitrogen and oxygen atoms in total. The summed E-state index contributed by atoms with van der Waals surface area (Å²) in [5.74, 6) is 2.17. The van der Waals surface area contributed by atoms with Crippen LogP contribution in [0.2, 0.25) is 0 Å². The molecule has 2 aliphatic heterocycles. The van der Waals surface area contributed by atoms with E-state index in [1.807, 2.05) is 23.0 Å². The smallest absolute Gasteiger partial charge is 0.231 e. The number of nitrogens with zero attached hydrogens (tertiary/aromatic N) is 2. The maximum absolute atomic E-state index is 5.95. The molecule has 6 heteroatoms. The Morgan fingerprint density at radius 1 is 1.33 bits per heavy atom. The molecule has 2 aromatic rings. The van der Waals surface area contributed by atoms with Crippen molar-refractivity contribution in [1.82, 2.24) is 15.1 Å². The van der Waals surface area contributed by atoms with Crippen LogP contribution in [0.4, 0.5) is 0 Å². The summed E-state index contributed by atoms with van der Waals surface area (Å²) in [5.41, 5.74) is 2.32. The molecule has 0 spiro atoms. The van der Waals surface area contributed by atoms with Crippen molar-refractivity contribution in [2.24, 2.45) is 5.92 Å². The lowest BCUT2D eigenvalue weighted by atomic mass is 9.97. The van der Waals surface area contributed by atoms with E-state index in [0.717, 1.165) is 49.7 Å². The number of benzene rings is 1. The topological polar surface area (TPSA) is 57.5 Å². The zero-order valence-corrected chi connectivity index (χ0v) is 13.9. The Labute approximate surface area is 141 Å². The van der Waals surface area contributed by atoms with Crippen molar-refractivity contribution >= 4 is 0 Å². The molecule has 0 aliphatic carbocycles. The van der Waals surface area contributed by atoms with Gasteiger partial charge in [-0.3, -0.25) is 4.68 Å². The molecule has 24 heavy (non-hydrogen) atoms. The highest BCUT2D eigenvalue weighted by Gasteiger charge is 2.30. The number of hydrogen-bond donors (Lipinski definition) is 1. The second-order valence-electron chi connectivity index (χ2n) is 6.25. The molecule has 4 rings (SSSR count). The van der Waals surface area contributed by atoms with Crippen LogP contribution in [-0.2, 0) is 17.8 Å². The third-order valence-corrected chi connectivity index (χ3v) is 4.72. The van der Waals surface area contributed by atoms with Gasteiger partial charge in [0.2, 0.25) is 6.79 Å². The first-order valence-corrected chi connectivity index (χ1v) is 8.57. The second kappa shape index (κ2) is 6.83. The number of hydrogen-bond acceptors (Lipinski definition) is 5. The van der Waals surface area contributed by atoms with Crippen LogP contribution in [0.25, 0.3) is 0 Å². The minimum Gasteiger partial charge on any atom is -0.454 e. The Kier molecular flexibility index (Phi) is 4.40. The highest BCUT2D eigenvalue weighted by atomic mass is 16.7. The fourth-order valence-corrected chi connectivity index (χ4v) is 3.43. The van der Waals surface area contributed by atoms with Crippen molar-refractivity contribution < 1.29 is 14.2 Å². The van der Waals surface area contributed by atoms with Gasteiger partial charge >= 0.3 is 0 Å². The van der Waals surface area contributed by atoms with Gasteiger partial charge in [0.1, 0.15) is 0 Å². The molecule has 1 N–H and O–H groups in total. The fourth-order valence-electron chi connectivity index (χ4n) is 3.43. The van der Waals surface area contributed by atoms with Crippen LogP contribution in [0, 0.1) is 5.92 Å². The predicted molar refractivity (Wildman–Crippen MR) is 89.0 cm³/mol. The van der Waals surface area contributed by atoms with E-state index in [9.17, 15) is 0 Å². The third-order valence-electron chi connectivity index (χ3n) is 4.72. The highest BCUT2D eigenvalue weighted by Crippen LogP contribution is 2.36. The summed E-state index contributed by atoms with van der Waals surface area (Å²) in [4.78, 5) is 0. The maximum atomic E-state index is 5.95. The summed E-state index contributed by atoms with van der Waals surface area (Å²) in [5, 5.41) is 7.92. The summed E-state index contributed by atoms with van der Waals surface area (Å²) in [6.07, 6.45) is 5.24. The lowest BCUT2D eigenvalue weighted by molar-refractivity contribution is 0.0903. The van der Waals surface area contributed by atoms with Gasteiger partial charge in [0.15, 0.2) is 11.5 Å². The first-order chi connectivity index (χ1) is 11.8. The van der Waals surface area contributed by atoms with E-state index in [2.05, 4.69) is 29.6 Å². The summed E-state index contributed by atoms with van der Waals surface area (Å²) < 4.78 is 18.9. The van der Waals surface area contributed by atoms with Gasteiger partial charge in [-0.15, -0.1) is 0 Å². The standard InChI is InChI=1S/C18H23N3O3/c1-2-21-11-15(10-20-21)17-14(6-7-22-17)9-19-8-13-4-3-5-16-18(13)24-12-23-16/h3-5,10-11,14,17,19H,2,6-9,12H2,1H3/t14-,17+/m1/s1. The Hall–Kier alpha value is -2.05. The number of rotatable bonds is 6. The van der Waals surface area contributed by atoms with Gasteiger partial charge in [-0.2, -0.15) is 5.10 Å². The minimum atomic E-state index is 0.138. The summed E-state index contributed by atoms with van der Waals surface area (Å²) in [7, 11) is 0. The van der Waals surface area contributed by atoms with Crippen molar-refractivity contribution in [3.05, 3.63) is 41.7 Å². The van der Waals surface area contributed by atoms with Crippen molar-refractivity contribution in [2.75, 3.05) is 19.9 Å². The van der Waals surface area contributed by atoms with Gasteiger partial charge in [0, 0.05) is 49.5 Å². The summed E-state index contributed by atoms with van der Waals surface area (Å²) in [6.45, 7) is 5.78. The second-order valence-corrected chi connectivity index (χ2v) is 6.25. The highest BCUT2D eigenvalue weighted by molar-refractivity contribution is 5.48. The minimum absolute atomic E-state index is 0.138. The van der Waals surface area contributed by atoms with Crippen LogP contribution in [0.15, 0.2) is 30.6 Å². The Morgan fingerprint density at radius 3 is 3.17 bits per heavy atom. The van der Waals surface area contributed by atoms with E-state index < -0.39 is 0 Å². The van der Waals surface area contributed by atoms with Crippen LogP contribution in [0.1, 0.15) is 30.6 Å². The van der Waals surface area contributed by atoms with Crippen LogP contribution in [0.5, 0.6) is 11.5 Å². The van der Waals surface area contributed by atoms with E-state index >= 15 is 0 Å². The molecular weight excluding hydrogens is 306 g/mol. The maximum Gasteiger partial charge on any atom is 0.231 e. The lowest BCUT2D eigenvalue weighted by Gasteiger charge is -2.18. The van der Waals surface area contributed by atoms with Gasteiger partial charge in [-0.05, 0) is 19.4 Å².